The first-order chi connectivity index (χ1) is 24.2. The molecule has 4 aliphatic rings. The van der Waals surface area contributed by atoms with Crippen molar-refractivity contribution in [2.24, 2.45) is 17.8 Å². The number of anilines is 1. The van der Waals surface area contributed by atoms with E-state index in [4.69, 9.17) is 21.1 Å². The van der Waals surface area contributed by atoms with Gasteiger partial charge in [-0.15, -0.1) is 0 Å². The molecule has 3 aliphatic carbocycles. The summed E-state index contributed by atoms with van der Waals surface area (Å²) in [5, 5.41) is 17.5. The van der Waals surface area contributed by atoms with Crippen LogP contribution in [-0.2, 0) is 27.8 Å². The number of carboxylic acid groups (broad SMARTS) is 1. The summed E-state index contributed by atoms with van der Waals surface area (Å²) in [4.78, 5) is 29.7. The average molecular weight is 700 g/mol. The van der Waals surface area contributed by atoms with E-state index in [2.05, 4.69) is 47.7 Å². The summed E-state index contributed by atoms with van der Waals surface area (Å²) in [5.74, 6) is 2.21. The molecule has 0 bridgehead atoms. The number of aryl methyl sites for hydroxylation is 1. The lowest BCUT2D eigenvalue weighted by Gasteiger charge is -2.47. The molecule has 3 N–H and O–H groups in total. The molecule has 1 saturated carbocycles. The zero-order valence-electron chi connectivity index (χ0n) is 29.3. The van der Waals surface area contributed by atoms with Crippen LogP contribution in [0, 0.1) is 17.8 Å². The summed E-state index contributed by atoms with van der Waals surface area (Å²) in [6, 6.07) is 15.8. The molecule has 2 heterocycles. The Morgan fingerprint density at radius 1 is 1.12 bits per heavy atom. The quantitative estimate of drug-likeness (QED) is 0.175. The van der Waals surface area contributed by atoms with Crippen molar-refractivity contribution in [3.63, 3.8) is 0 Å². The van der Waals surface area contributed by atoms with Gasteiger partial charge in [0.2, 0.25) is 5.91 Å². The topological polar surface area (TPSA) is 110 Å². The number of aliphatic carboxylic acids is 1. The van der Waals surface area contributed by atoms with Crippen LogP contribution in [0.4, 0.5) is 5.69 Å². The number of hydrogen-bond donors (Lipinski definition) is 3. The zero-order valence-corrected chi connectivity index (χ0v) is 30.1. The van der Waals surface area contributed by atoms with Crippen LogP contribution in [0.15, 0.2) is 54.7 Å². The number of nitrogens with zero attached hydrogens (tertiary/aromatic N) is 1. The molecule has 3 aromatic rings. The monoisotopic (exact) mass is 699 g/mol. The lowest BCUT2D eigenvalue weighted by atomic mass is 9.59. The number of rotatable bonds is 12. The first-order valence-electron chi connectivity index (χ1n) is 18.6. The number of carbonyl (C=O) groups excluding carboxylic acids is 1. The van der Waals surface area contributed by atoms with Crippen molar-refractivity contribution in [2.45, 2.75) is 101 Å². The van der Waals surface area contributed by atoms with Crippen molar-refractivity contribution in [3.05, 3.63) is 82.1 Å². The summed E-state index contributed by atoms with van der Waals surface area (Å²) >= 11 is 6.28. The van der Waals surface area contributed by atoms with Crippen LogP contribution in [0.2, 0.25) is 5.02 Å². The molecule has 2 fully saturated rings. The van der Waals surface area contributed by atoms with Gasteiger partial charge in [0.25, 0.3) is 0 Å². The zero-order chi connectivity index (χ0) is 34.9. The Hall–Kier alpha value is -3.78. The van der Waals surface area contributed by atoms with Gasteiger partial charge < -0.3 is 25.2 Å². The second kappa shape index (κ2) is 14.5. The molecular formula is C41H50ClN3O5. The molecule has 50 heavy (non-hydrogen) atoms. The van der Waals surface area contributed by atoms with Crippen LogP contribution < -0.4 is 20.1 Å². The predicted octanol–water partition coefficient (Wildman–Crippen LogP) is 8.10. The number of pyridine rings is 1. The van der Waals surface area contributed by atoms with E-state index < -0.39 is 11.5 Å². The molecule has 2 aromatic carbocycles. The minimum absolute atomic E-state index is 0.0131. The molecule has 9 heteroatoms. The maximum absolute atomic E-state index is 13.0. The second-order valence-corrected chi connectivity index (χ2v) is 15.9. The third-order valence-electron chi connectivity index (χ3n) is 12.2. The van der Waals surface area contributed by atoms with E-state index in [1.165, 1.54) is 35.2 Å². The summed E-state index contributed by atoms with van der Waals surface area (Å²) in [5.41, 5.74) is 4.56. The molecule has 1 saturated heterocycles. The summed E-state index contributed by atoms with van der Waals surface area (Å²) < 4.78 is 12.8. The Morgan fingerprint density at radius 2 is 1.96 bits per heavy atom. The first kappa shape index (κ1) is 34.7. The van der Waals surface area contributed by atoms with Crippen molar-refractivity contribution >= 4 is 29.2 Å². The van der Waals surface area contributed by atoms with Crippen LogP contribution in [0.1, 0.15) is 99.9 Å². The number of nitrogens with one attached hydrogen (secondary N) is 2. The van der Waals surface area contributed by atoms with Crippen molar-refractivity contribution in [1.29, 1.82) is 0 Å². The number of aromatic nitrogens is 1. The van der Waals surface area contributed by atoms with Gasteiger partial charge in [0, 0.05) is 40.6 Å². The second-order valence-electron chi connectivity index (χ2n) is 15.4. The van der Waals surface area contributed by atoms with Crippen molar-refractivity contribution in [1.82, 2.24) is 10.3 Å². The third kappa shape index (κ3) is 6.92. The lowest BCUT2D eigenvalue weighted by molar-refractivity contribution is -0.144. The molecule has 1 unspecified atom stereocenters. The number of fused-ring (bicyclic) bond motifs is 3. The summed E-state index contributed by atoms with van der Waals surface area (Å²) in [7, 11) is 0. The van der Waals surface area contributed by atoms with Gasteiger partial charge in [0.1, 0.15) is 17.0 Å². The molecule has 1 aliphatic heterocycles. The summed E-state index contributed by atoms with van der Waals surface area (Å²) in [6.07, 6.45) is 11.2. The predicted molar refractivity (Wildman–Crippen MR) is 195 cm³/mol. The van der Waals surface area contributed by atoms with Gasteiger partial charge in [-0.1, -0.05) is 37.6 Å². The van der Waals surface area contributed by atoms with Crippen molar-refractivity contribution < 1.29 is 24.2 Å². The Balaban J connectivity index is 1.11. The minimum atomic E-state index is -1.08. The fourth-order valence-corrected chi connectivity index (χ4v) is 9.60. The number of halogens is 1. The average Bonchev–Trinajstić information content (AvgIpc) is 3.64. The minimum Gasteiger partial charge on any atom is -0.494 e. The highest BCUT2D eigenvalue weighted by atomic mass is 35.5. The SMILES string of the molecule is C[C@@H](COc1ccnc2c1[C@H](C)CCC2)C[C@H]1Cc2ccc(OCCC3CCNC3=O)cc2C12CCC(Nc1cccc(Cl)c1)(C(=O)O)CC2. The van der Waals surface area contributed by atoms with E-state index in [1.807, 2.05) is 24.4 Å². The highest BCUT2D eigenvalue weighted by Gasteiger charge is 2.54. The van der Waals surface area contributed by atoms with Gasteiger partial charge in [0.05, 0.1) is 13.2 Å². The Labute approximate surface area is 300 Å². The third-order valence-corrected chi connectivity index (χ3v) is 12.4. The van der Waals surface area contributed by atoms with Gasteiger partial charge in [-0.25, -0.2) is 4.79 Å². The largest absolute Gasteiger partial charge is 0.494 e. The van der Waals surface area contributed by atoms with Crippen LogP contribution in [0.5, 0.6) is 11.5 Å². The van der Waals surface area contributed by atoms with Crippen LogP contribution in [-0.4, -0.2) is 47.3 Å². The fraction of sp³-hybridized carbons (Fsp3) is 0.537. The van der Waals surface area contributed by atoms with E-state index in [-0.39, 0.29) is 17.2 Å². The first-order valence-corrected chi connectivity index (χ1v) is 19.0. The van der Waals surface area contributed by atoms with E-state index >= 15 is 0 Å². The van der Waals surface area contributed by atoms with Crippen LogP contribution in [0.25, 0.3) is 0 Å². The molecule has 0 radical (unpaired) electrons. The molecule has 8 nitrogen and oxygen atoms in total. The van der Waals surface area contributed by atoms with Gasteiger partial charge in [0.15, 0.2) is 0 Å². The van der Waals surface area contributed by atoms with Crippen molar-refractivity contribution in [2.75, 3.05) is 25.1 Å². The van der Waals surface area contributed by atoms with E-state index in [0.717, 1.165) is 62.3 Å². The molecule has 1 amide bonds. The Morgan fingerprint density at radius 3 is 2.72 bits per heavy atom. The molecule has 7 rings (SSSR count). The maximum Gasteiger partial charge on any atom is 0.329 e. The van der Waals surface area contributed by atoms with E-state index in [1.54, 1.807) is 12.1 Å². The van der Waals surface area contributed by atoms with Crippen molar-refractivity contribution in [3.8, 4) is 11.5 Å². The van der Waals surface area contributed by atoms with E-state index in [0.29, 0.717) is 55.3 Å². The molecular weight excluding hydrogens is 650 g/mol. The highest BCUT2D eigenvalue weighted by molar-refractivity contribution is 6.30. The summed E-state index contributed by atoms with van der Waals surface area (Å²) in [6.45, 7) is 6.42. The standard InChI is InChI=1S/C41H50ClN3O5/c1-26(25-50-36-12-19-43-35-8-3-5-27(2)37(35)36)21-30-22-29-9-10-33(49-20-13-28-11-18-44-38(28)46)24-34(29)40(30)14-16-41(17-15-40,39(47)48)45-32-7-4-6-31(42)23-32/h4,6-7,9-10,12,19,23-24,26-28,30,45H,3,5,8,11,13-18,20-22,25H2,1-2H3,(H,44,46)(H,47,48)/t26-,27-,28?,30+,40?,41?/m1/s1. The van der Waals surface area contributed by atoms with Crippen LogP contribution >= 0.6 is 11.6 Å². The number of amides is 1. The maximum atomic E-state index is 13.0. The van der Waals surface area contributed by atoms with Gasteiger partial charge >= 0.3 is 5.97 Å². The van der Waals surface area contributed by atoms with Gasteiger partial charge in [-0.3, -0.25) is 9.78 Å². The number of carbonyl (C=O) groups is 2. The Kier molecular flexibility index (Phi) is 10.0. The number of carboxylic acids is 1. The molecule has 4 atom stereocenters. The number of ether oxygens (including phenoxy) is 2. The van der Waals surface area contributed by atoms with E-state index in [9.17, 15) is 14.7 Å². The highest BCUT2D eigenvalue weighted by Crippen LogP contribution is 2.57. The molecule has 1 spiro atoms. The molecule has 1 aromatic heterocycles. The smallest absolute Gasteiger partial charge is 0.329 e. The van der Waals surface area contributed by atoms with Gasteiger partial charge in [-0.2, -0.15) is 0 Å². The Bertz CT molecular complexity index is 1720. The fourth-order valence-electron chi connectivity index (χ4n) is 9.41. The normalized spacial score (nSPS) is 27.7. The lowest BCUT2D eigenvalue weighted by Crippen LogP contribution is -2.53. The van der Waals surface area contributed by atoms with Crippen LogP contribution in [0.3, 0.4) is 0 Å². The number of benzene rings is 2. The molecule has 266 valence electrons. The number of hydrogen-bond acceptors (Lipinski definition) is 6. The van der Waals surface area contributed by atoms with Gasteiger partial charge in [-0.05, 0) is 141 Å².